The van der Waals surface area contributed by atoms with Gasteiger partial charge in [0.1, 0.15) is 0 Å². The van der Waals surface area contributed by atoms with Crippen LogP contribution < -0.4 is 11.1 Å². The molecule has 0 radical (unpaired) electrons. The molecule has 2 unspecified atom stereocenters. The quantitative estimate of drug-likeness (QED) is 0.844. The van der Waals surface area contributed by atoms with Gasteiger partial charge in [0, 0.05) is 13.7 Å². The predicted octanol–water partition coefficient (Wildman–Crippen LogP) is 2.53. The lowest BCUT2D eigenvalue weighted by Crippen LogP contribution is -2.33. The van der Waals surface area contributed by atoms with Gasteiger partial charge in [-0.05, 0) is 49.3 Å². The highest BCUT2D eigenvalue weighted by Gasteiger charge is 2.16. The molecule has 124 valence electrons. The summed E-state index contributed by atoms with van der Waals surface area (Å²) in [4.78, 5) is 12.0. The van der Waals surface area contributed by atoms with E-state index in [1.54, 1.807) is 7.11 Å². The molecule has 5 heteroatoms. The molecule has 0 bridgehead atoms. The van der Waals surface area contributed by atoms with Gasteiger partial charge in [-0.25, -0.2) is 0 Å². The third-order valence-electron chi connectivity index (χ3n) is 4.26. The maximum Gasteiger partial charge on any atom is 0.223 e. The van der Waals surface area contributed by atoms with E-state index >= 15 is 0 Å². The van der Waals surface area contributed by atoms with Gasteiger partial charge in [-0.1, -0.05) is 18.2 Å². The fourth-order valence-electron chi connectivity index (χ4n) is 2.88. The largest absolute Gasteiger partial charge is 0.380 e. The van der Waals surface area contributed by atoms with Crippen molar-refractivity contribution in [2.75, 3.05) is 13.7 Å². The topological polar surface area (TPSA) is 64.3 Å². The van der Waals surface area contributed by atoms with Crippen LogP contribution in [0.3, 0.4) is 0 Å². The van der Waals surface area contributed by atoms with Crippen LogP contribution in [0.5, 0.6) is 0 Å². The molecule has 22 heavy (non-hydrogen) atoms. The average Bonchev–Trinajstić information content (AvgIpc) is 2.52. The molecule has 3 N–H and O–H groups in total. The van der Waals surface area contributed by atoms with Crippen molar-refractivity contribution in [3.8, 4) is 0 Å². The summed E-state index contributed by atoms with van der Waals surface area (Å²) in [5.41, 5.74) is 9.62. The van der Waals surface area contributed by atoms with Crippen molar-refractivity contribution in [3.05, 3.63) is 34.9 Å². The summed E-state index contributed by atoms with van der Waals surface area (Å²) >= 11 is 0. The Morgan fingerprint density at radius 3 is 2.64 bits per heavy atom. The molecule has 1 amide bonds. The summed E-state index contributed by atoms with van der Waals surface area (Å²) in [7, 11) is 1.58. The van der Waals surface area contributed by atoms with Gasteiger partial charge >= 0.3 is 0 Å². The zero-order valence-electron chi connectivity index (χ0n) is 13.4. The van der Waals surface area contributed by atoms with Crippen molar-refractivity contribution in [2.45, 2.75) is 51.2 Å². The Kier molecular flexibility index (Phi) is 7.87. The molecular formula is C17H27ClN2O2. The summed E-state index contributed by atoms with van der Waals surface area (Å²) in [5, 5.41) is 3.03. The Bertz CT molecular complexity index is 490. The van der Waals surface area contributed by atoms with Gasteiger partial charge in [-0.2, -0.15) is 0 Å². The van der Waals surface area contributed by atoms with E-state index in [1.165, 1.54) is 36.0 Å². The molecule has 1 aliphatic rings. The van der Waals surface area contributed by atoms with Crippen molar-refractivity contribution in [3.63, 3.8) is 0 Å². The molecule has 0 aromatic heterocycles. The number of fused-ring (bicyclic) bond motifs is 1. The van der Waals surface area contributed by atoms with Gasteiger partial charge in [0.25, 0.3) is 0 Å². The Balaban J connectivity index is 0.00000242. The molecule has 2 rings (SSSR count). The number of nitrogens with two attached hydrogens (primary N) is 1. The van der Waals surface area contributed by atoms with Crippen LogP contribution in [0.25, 0.3) is 0 Å². The third kappa shape index (κ3) is 4.97. The molecule has 0 heterocycles. The summed E-state index contributed by atoms with van der Waals surface area (Å²) < 4.78 is 5.15. The molecule has 0 fully saturated rings. The smallest absolute Gasteiger partial charge is 0.223 e. The Labute approximate surface area is 139 Å². The number of methoxy groups -OCH3 is 1. The highest BCUT2D eigenvalue weighted by atomic mass is 35.5. The normalized spacial score (nSPS) is 16.1. The minimum Gasteiger partial charge on any atom is -0.380 e. The van der Waals surface area contributed by atoms with Crippen molar-refractivity contribution >= 4 is 18.3 Å². The van der Waals surface area contributed by atoms with Crippen molar-refractivity contribution in [1.82, 2.24) is 5.32 Å². The van der Waals surface area contributed by atoms with Crippen molar-refractivity contribution in [2.24, 2.45) is 5.73 Å². The number of ether oxygens (including phenoxy) is 1. The van der Waals surface area contributed by atoms with Gasteiger partial charge in [0.2, 0.25) is 5.91 Å². The highest BCUT2D eigenvalue weighted by molar-refractivity contribution is 5.85. The van der Waals surface area contributed by atoms with Gasteiger partial charge in [-0.3, -0.25) is 4.79 Å². The van der Waals surface area contributed by atoms with Gasteiger partial charge in [-0.15, -0.1) is 12.4 Å². The number of aryl methyl sites for hydroxylation is 2. The first kappa shape index (κ1) is 18.9. The maximum atomic E-state index is 12.0. The standard InChI is InChI=1S/C17H26N2O2.ClH/c1-12(19-17(20)10-16(11-18)21-2)14-8-7-13-5-3-4-6-15(13)9-14;/h7-9,12,16H,3-6,10-11,18H2,1-2H3,(H,19,20);1H. The van der Waals surface area contributed by atoms with Gasteiger partial charge in [0.05, 0.1) is 18.6 Å². The van der Waals surface area contributed by atoms with E-state index in [-0.39, 0.29) is 30.5 Å². The molecule has 2 atom stereocenters. The van der Waals surface area contributed by atoms with Crippen molar-refractivity contribution in [1.29, 1.82) is 0 Å². The number of hydrogen-bond donors (Lipinski definition) is 2. The van der Waals surface area contributed by atoms with Crippen LogP contribution in [0.4, 0.5) is 0 Å². The van der Waals surface area contributed by atoms with E-state index in [9.17, 15) is 4.79 Å². The third-order valence-corrected chi connectivity index (χ3v) is 4.26. The SMILES string of the molecule is COC(CN)CC(=O)NC(C)c1ccc2c(c1)CCCC2.Cl. The highest BCUT2D eigenvalue weighted by Crippen LogP contribution is 2.24. The number of hydrogen-bond acceptors (Lipinski definition) is 3. The van der Waals surface area contributed by atoms with Crippen LogP contribution in [0.1, 0.15) is 48.9 Å². The minimum absolute atomic E-state index is 0. The summed E-state index contributed by atoms with van der Waals surface area (Å²) in [6.07, 6.45) is 4.99. The lowest BCUT2D eigenvalue weighted by Gasteiger charge is -2.21. The van der Waals surface area contributed by atoms with Crippen LogP contribution in [-0.4, -0.2) is 25.7 Å². The van der Waals surface area contributed by atoms with Crippen LogP contribution in [0.15, 0.2) is 18.2 Å². The monoisotopic (exact) mass is 326 g/mol. The molecule has 4 nitrogen and oxygen atoms in total. The Morgan fingerprint density at radius 2 is 2.00 bits per heavy atom. The second-order valence-electron chi connectivity index (χ2n) is 5.82. The lowest BCUT2D eigenvalue weighted by molar-refractivity contribution is -0.124. The fourth-order valence-corrected chi connectivity index (χ4v) is 2.88. The summed E-state index contributed by atoms with van der Waals surface area (Å²) in [6, 6.07) is 6.60. The maximum absolute atomic E-state index is 12.0. The average molecular weight is 327 g/mol. The van der Waals surface area contributed by atoms with E-state index in [0.717, 1.165) is 6.42 Å². The number of rotatable bonds is 6. The first-order chi connectivity index (χ1) is 10.1. The lowest BCUT2D eigenvalue weighted by atomic mass is 9.89. The number of halogens is 1. The minimum atomic E-state index is -0.208. The van der Waals surface area contributed by atoms with E-state index in [2.05, 4.69) is 23.5 Å². The molecule has 0 saturated carbocycles. The van der Waals surface area contributed by atoms with E-state index in [1.807, 2.05) is 6.92 Å². The zero-order valence-corrected chi connectivity index (χ0v) is 14.2. The van der Waals surface area contributed by atoms with Crippen molar-refractivity contribution < 1.29 is 9.53 Å². The van der Waals surface area contributed by atoms with Gasteiger partial charge < -0.3 is 15.8 Å². The van der Waals surface area contributed by atoms with Crippen LogP contribution >= 0.6 is 12.4 Å². The second-order valence-corrected chi connectivity index (χ2v) is 5.82. The van der Waals surface area contributed by atoms with Gasteiger partial charge in [0.15, 0.2) is 0 Å². The first-order valence-electron chi connectivity index (χ1n) is 7.78. The molecular weight excluding hydrogens is 300 g/mol. The van der Waals surface area contributed by atoms with Crippen LogP contribution in [0.2, 0.25) is 0 Å². The number of benzene rings is 1. The van der Waals surface area contributed by atoms with Crippen LogP contribution in [0, 0.1) is 0 Å². The van der Waals surface area contributed by atoms with E-state index < -0.39 is 0 Å². The number of amides is 1. The predicted molar refractivity (Wildman–Crippen MR) is 91.4 cm³/mol. The Morgan fingerprint density at radius 1 is 1.32 bits per heavy atom. The number of carbonyl (C=O) groups is 1. The summed E-state index contributed by atoms with van der Waals surface area (Å²) in [6.45, 7) is 2.38. The van der Waals surface area contributed by atoms with E-state index in [4.69, 9.17) is 10.5 Å². The molecule has 0 saturated heterocycles. The first-order valence-corrected chi connectivity index (χ1v) is 7.78. The number of carbonyl (C=O) groups excluding carboxylic acids is 1. The summed E-state index contributed by atoms with van der Waals surface area (Å²) in [5.74, 6) is -0.0162. The Hall–Kier alpha value is -1.10. The molecule has 0 spiro atoms. The van der Waals surface area contributed by atoms with Crippen LogP contribution in [-0.2, 0) is 22.4 Å². The molecule has 1 aromatic carbocycles. The molecule has 0 aliphatic heterocycles. The van der Waals surface area contributed by atoms with E-state index in [0.29, 0.717) is 13.0 Å². The number of nitrogens with one attached hydrogen (secondary N) is 1. The molecule has 1 aromatic rings. The molecule has 1 aliphatic carbocycles. The fraction of sp³-hybridized carbons (Fsp3) is 0.588. The zero-order chi connectivity index (χ0) is 15.2. The second kappa shape index (κ2) is 9.13.